The Kier molecular flexibility index (Phi) is 5.60. The number of fused-ring (bicyclic) bond motifs is 1. The first kappa shape index (κ1) is 18.3. The van der Waals surface area contributed by atoms with Crippen LogP contribution in [0, 0.1) is 0 Å². The van der Waals surface area contributed by atoms with Gasteiger partial charge in [0.05, 0.1) is 18.1 Å². The first-order valence-electron chi connectivity index (χ1n) is 8.47. The van der Waals surface area contributed by atoms with Crippen LogP contribution in [0.5, 0.6) is 5.88 Å². The Balaban J connectivity index is 1.55. The van der Waals surface area contributed by atoms with E-state index in [9.17, 15) is 9.59 Å². The van der Waals surface area contributed by atoms with Crippen molar-refractivity contribution in [3.05, 3.63) is 52.2 Å². The van der Waals surface area contributed by atoms with Gasteiger partial charge in [0.1, 0.15) is 17.3 Å². The Hall–Kier alpha value is -3.49. The number of nitrogens with two attached hydrogens (primary N) is 1. The van der Waals surface area contributed by atoms with Crippen molar-refractivity contribution >= 4 is 22.8 Å². The van der Waals surface area contributed by atoms with Gasteiger partial charge in [0.2, 0.25) is 11.8 Å². The third-order valence-corrected chi connectivity index (χ3v) is 3.88. The molecule has 0 fully saturated rings. The summed E-state index contributed by atoms with van der Waals surface area (Å²) >= 11 is 0. The molecule has 27 heavy (non-hydrogen) atoms. The second-order valence-corrected chi connectivity index (χ2v) is 5.89. The molecule has 9 heteroatoms. The van der Waals surface area contributed by atoms with Crippen molar-refractivity contribution in [1.82, 2.24) is 25.3 Å². The number of methoxy groups -OCH3 is 1. The molecule has 0 aliphatic heterocycles. The lowest BCUT2D eigenvalue weighted by molar-refractivity contribution is -0.121. The minimum absolute atomic E-state index is 0.140. The van der Waals surface area contributed by atoms with Gasteiger partial charge in [0.25, 0.3) is 5.56 Å². The van der Waals surface area contributed by atoms with Crippen LogP contribution in [0.25, 0.3) is 11.0 Å². The topological polar surface area (TPSA) is 136 Å². The number of para-hydroxylation sites is 2. The maximum absolute atomic E-state index is 12.1. The maximum atomic E-state index is 12.1. The van der Waals surface area contributed by atoms with E-state index in [4.69, 9.17) is 10.5 Å². The number of carbonyl (C=O) groups excluding carboxylic acids is 1. The number of benzene rings is 1. The van der Waals surface area contributed by atoms with Crippen LogP contribution < -0.4 is 21.3 Å². The van der Waals surface area contributed by atoms with Crippen LogP contribution in [0.4, 0.5) is 5.82 Å². The Bertz CT molecular complexity index is 1020. The molecule has 0 radical (unpaired) electrons. The van der Waals surface area contributed by atoms with E-state index in [2.05, 4.69) is 25.3 Å². The Morgan fingerprint density at radius 1 is 1.19 bits per heavy atom. The predicted octanol–water partition coefficient (Wildman–Crippen LogP) is 0.595. The number of nitrogens with one attached hydrogen (secondary N) is 2. The van der Waals surface area contributed by atoms with Gasteiger partial charge in [-0.2, -0.15) is 0 Å². The molecule has 140 valence electrons. The summed E-state index contributed by atoms with van der Waals surface area (Å²) in [6, 6.07) is 8.70. The third kappa shape index (κ3) is 4.78. The van der Waals surface area contributed by atoms with Crippen molar-refractivity contribution in [2.45, 2.75) is 19.3 Å². The number of rotatable bonds is 7. The molecule has 0 atom stereocenters. The third-order valence-electron chi connectivity index (χ3n) is 3.88. The van der Waals surface area contributed by atoms with Gasteiger partial charge in [0.15, 0.2) is 0 Å². The minimum atomic E-state index is -0.314. The lowest BCUT2D eigenvalue weighted by atomic mass is 10.2. The Morgan fingerprint density at radius 2 is 1.93 bits per heavy atom. The van der Waals surface area contributed by atoms with Crippen LogP contribution in [-0.4, -0.2) is 39.5 Å². The van der Waals surface area contributed by atoms with E-state index < -0.39 is 0 Å². The molecule has 0 saturated heterocycles. The fraction of sp³-hybridized carbons (Fsp3) is 0.278. The van der Waals surface area contributed by atoms with Gasteiger partial charge >= 0.3 is 0 Å². The summed E-state index contributed by atoms with van der Waals surface area (Å²) in [5, 5.41) is 2.78. The quantitative estimate of drug-likeness (QED) is 0.555. The number of aromatic nitrogens is 4. The average Bonchev–Trinajstić information content (AvgIpc) is 2.64. The summed E-state index contributed by atoms with van der Waals surface area (Å²) in [4.78, 5) is 39.0. The molecule has 0 aliphatic carbocycles. The maximum Gasteiger partial charge on any atom is 0.252 e. The molecule has 2 heterocycles. The molecular formula is C18H20N6O3. The fourth-order valence-corrected chi connectivity index (χ4v) is 2.63. The van der Waals surface area contributed by atoms with E-state index in [1.54, 1.807) is 0 Å². The number of amides is 1. The molecule has 0 saturated carbocycles. The van der Waals surface area contributed by atoms with Gasteiger partial charge in [-0.1, -0.05) is 12.1 Å². The van der Waals surface area contributed by atoms with Crippen molar-refractivity contribution in [1.29, 1.82) is 0 Å². The highest BCUT2D eigenvalue weighted by Crippen LogP contribution is 2.19. The Morgan fingerprint density at radius 3 is 2.63 bits per heavy atom. The van der Waals surface area contributed by atoms with Crippen molar-refractivity contribution in [2.24, 2.45) is 0 Å². The lowest BCUT2D eigenvalue weighted by Crippen LogP contribution is -2.27. The number of nitrogen functional groups attached to an aromatic ring is 1. The molecule has 9 nitrogen and oxygen atoms in total. The molecule has 0 spiro atoms. The molecule has 3 aromatic rings. The van der Waals surface area contributed by atoms with E-state index in [-0.39, 0.29) is 23.7 Å². The number of aromatic amines is 1. The second-order valence-electron chi connectivity index (χ2n) is 5.89. The predicted molar refractivity (Wildman–Crippen MR) is 100 cm³/mol. The van der Waals surface area contributed by atoms with E-state index in [1.807, 2.05) is 24.3 Å². The first-order valence-corrected chi connectivity index (χ1v) is 8.47. The first-order chi connectivity index (χ1) is 13.0. The van der Waals surface area contributed by atoms with Crippen molar-refractivity contribution in [3.8, 4) is 5.88 Å². The van der Waals surface area contributed by atoms with Gasteiger partial charge in [-0.3, -0.25) is 9.59 Å². The van der Waals surface area contributed by atoms with Crippen molar-refractivity contribution < 1.29 is 9.53 Å². The molecule has 1 aromatic carbocycles. The number of ether oxygens (including phenoxy) is 1. The molecule has 0 bridgehead atoms. The summed E-state index contributed by atoms with van der Waals surface area (Å²) in [6.07, 6.45) is 1.02. The molecule has 3 rings (SSSR count). The number of aryl methyl sites for hydroxylation is 1. The van der Waals surface area contributed by atoms with E-state index in [0.717, 1.165) is 11.0 Å². The highest BCUT2D eigenvalue weighted by atomic mass is 16.5. The monoisotopic (exact) mass is 368 g/mol. The van der Waals surface area contributed by atoms with Crippen LogP contribution in [0.2, 0.25) is 0 Å². The SMILES string of the molecule is COc1nc2ccccc2nc1CCC(=O)NCCc1nc(N)cc(=O)[nH]1. The number of carbonyl (C=O) groups is 1. The van der Waals surface area contributed by atoms with Gasteiger partial charge in [0, 0.05) is 31.9 Å². The molecule has 2 aromatic heterocycles. The number of hydrogen-bond acceptors (Lipinski definition) is 7. The van der Waals surface area contributed by atoms with Gasteiger partial charge in [-0.25, -0.2) is 15.0 Å². The van der Waals surface area contributed by atoms with Crippen molar-refractivity contribution in [3.63, 3.8) is 0 Å². The van der Waals surface area contributed by atoms with E-state index in [0.29, 0.717) is 36.8 Å². The summed E-state index contributed by atoms with van der Waals surface area (Å²) < 4.78 is 5.29. The fourth-order valence-electron chi connectivity index (χ4n) is 2.63. The summed E-state index contributed by atoms with van der Waals surface area (Å²) in [5.41, 5.74) is 7.34. The molecular weight excluding hydrogens is 348 g/mol. The standard InChI is InChI=1S/C18H20N6O3/c1-27-18-13(21-11-4-2-3-5-12(11)22-18)6-7-16(25)20-9-8-15-23-14(19)10-17(26)24-15/h2-5,10H,6-9H2,1H3,(H,20,25)(H3,19,23,24,26). The zero-order valence-electron chi connectivity index (χ0n) is 14.9. The number of nitrogens with zero attached hydrogens (tertiary/aromatic N) is 3. The average molecular weight is 368 g/mol. The highest BCUT2D eigenvalue weighted by Gasteiger charge is 2.11. The van der Waals surface area contributed by atoms with Crippen LogP contribution in [0.15, 0.2) is 35.1 Å². The number of H-pyrrole nitrogens is 1. The smallest absolute Gasteiger partial charge is 0.252 e. The lowest BCUT2D eigenvalue weighted by Gasteiger charge is -2.09. The van der Waals surface area contributed by atoms with Gasteiger partial charge in [-0.15, -0.1) is 0 Å². The molecule has 0 aliphatic rings. The number of hydrogen-bond donors (Lipinski definition) is 3. The second kappa shape index (κ2) is 8.26. The highest BCUT2D eigenvalue weighted by molar-refractivity contribution is 5.77. The van der Waals surface area contributed by atoms with E-state index in [1.165, 1.54) is 13.2 Å². The zero-order chi connectivity index (χ0) is 19.2. The largest absolute Gasteiger partial charge is 0.480 e. The van der Waals surface area contributed by atoms with E-state index >= 15 is 0 Å². The molecule has 1 amide bonds. The van der Waals surface area contributed by atoms with Gasteiger partial charge in [-0.05, 0) is 12.1 Å². The van der Waals surface area contributed by atoms with Crippen LogP contribution >= 0.6 is 0 Å². The minimum Gasteiger partial charge on any atom is -0.480 e. The summed E-state index contributed by atoms with van der Waals surface area (Å²) in [7, 11) is 1.53. The van der Waals surface area contributed by atoms with Crippen LogP contribution in [0.3, 0.4) is 0 Å². The normalized spacial score (nSPS) is 10.7. The molecule has 4 N–H and O–H groups in total. The molecule has 0 unspecified atom stereocenters. The Labute approximate surface area is 155 Å². The van der Waals surface area contributed by atoms with Crippen molar-refractivity contribution in [2.75, 3.05) is 19.4 Å². The summed E-state index contributed by atoms with van der Waals surface area (Å²) in [6.45, 7) is 0.339. The van der Waals surface area contributed by atoms with Gasteiger partial charge < -0.3 is 20.8 Å². The zero-order valence-corrected chi connectivity index (χ0v) is 14.9. The summed E-state index contributed by atoms with van der Waals surface area (Å²) in [5.74, 6) is 0.866. The van der Waals surface area contributed by atoms with Crippen LogP contribution in [0.1, 0.15) is 17.9 Å². The number of anilines is 1. The van der Waals surface area contributed by atoms with Crippen LogP contribution in [-0.2, 0) is 17.6 Å².